The van der Waals surface area contributed by atoms with Crippen LogP contribution < -0.4 is 10.1 Å². The molecule has 0 radical (unpaired) electrons. The zero-order valence-corrected chi connectivity index (χ0v) is 11.2. The molecular weight excluding hydrogens is 266 g/mol. The largest absolute Gasteiger partial charge is 0.495 e. The number of aliphatic hydroxyl groups is 2. The van der Waals surface area contributed by atoms with Gasteiger partial charge in [-0.05, 0) is 6.07 Å². The lowest BCUT2D eigenvalue weighted by atomic mass is 10.00. The standard InChI is InChI=1S/C13H17NO6/c1-7(15)14-6-10(16)11(17)8-4-3-5-9(13(18)19)12(8)20-2/h3-5,10-11,16-17H,6H2,1-2H3,(H,14,15)(H,18,19). The number of rotatable bonds is 6. The molecule has 110 valence electrons. The molecule has 0 bridgehead atoms. The van der Waals surface area contributed by atoms with Gasteiger partial charge in [-0.3, -0.25) is 4.79 Å². The van der Waals surface area contributed by atoms with Gasteiger partial charge in [0.15, 0.2) is 0 Å². The monoisotopic (exact) mass is 283 g/mol. The van der Waals surface area contributed by atoms with E-state index in [2.05, 4.69) is 5.32 Å². The summed E-state index contributed by atoms with van der Waals surface area (Å²) in [4.78, 5) is 21.8. The topological polar surface area (TPSA) is 116 Å². The number of nitrogens with one attached hydrogen (secondary N) is 1. The SMILES string of the molecule is COc1c(C(=O)O)cccc1C(O)C(O)CNC(C)=O. The number of amides is 1. The zero-order chi connectivity index (χ0) is 15.3. The predicted molar refractivity (Wildman–Crippen MR) is 69.6 cm³/mol. The lowest BCUT2D eigenvalue weighted by molar-refractivity contribution is -0.119. The summed E-state index contributed by atoms with van der Waals surface area (Å²) in [6, 6.07) is 4.22. The lowest BCUT2D eigenvalue weighted by Crippen LogP contribution is -2.34. The summed E-state index contributed by atoms with van der Waals surface area (Å²) in [5, 5.41) is 31.2. The smallest absolute Gasteiger partial charge is 0.339 e. The van der Waals surface area contributed by atoms with Crippen LogP contribution in [0.1, 0.15) is 28.9 Å². The lowest BCUT2D eigenvalue weighted by Gasteiger charge is -2.21. The molecule has 0 aromatic heterocycles. The van der Waals surface area contributed by atoms with E-state index in [1.165, 1.54) is 32.2 Å². The van der Waals surface area contributed by atoms with E-state index in [1.807, 2.05) is 0 Å². The second-order valence-electron chi connectivity index (χ2n) is 4.18. The molecule has 7 nitrogen and oxygen atoms in total. The third-order valence-electron chi connectivity index (χ3n) is 2.72. The molecule has 4 N–H and O–H groups in total. The molecular formula is C13H17NO6. The molecule has 0 aliphatic heterocycles. The molecule has 0 spiro atoms. The Bertz CT molecular complexity index is 502. The van der Waals surface area contributed by atoms with Gasteiger partial charge < -0.3 is 25.4 Å². The number of aliphatic hydroxyl groups excluding tert-OH is 2. The van der Waals surface area contributed by atoms with Crippen LogP contribution in [0.3, 0.4) is 0 Å². The number of carbonyl (C=O) groups excluding carboxylic acids is 1. The van der Waals surface area contributed by atoms with Crippen LogP contribution in [0.25, 0.3) is 0 Å². The van der Waals surface area contributed by atoms with E-state index < -0.39 is 18.2 Å². The van der Waals surface area contributed by atoms with Crippen LogP contribution in [0.4, 0.5) is 0 Å². The van der Waals surface area contributed by atoms with Gasteiger partial charge in [-0.1, -0.05) is 12.1 Å². The van der Waals surface area contributed by atoms with Gasteiger partial charge in [0.25, 0.3) is 0 Å². The van der Waals surface area contributed by atoms with E-state index in [-0.39, 0.29) is 29.3 Å². The number of hydrogen-bond donors (Lipinski definition) is 4. The third-order valence-corrected chi connectivity index (χ3v) is 2.72. The summed E-state index contributed by atoms with van der Waals surface area (Å²) in [6.45, 7) is 1.13. The fraction of sp³-hybridized carbons (Fsp3) is 0.385. The Morgan fingerprint density at radius 1 is 1.35 bits per heavy atom. The first-order valence-electron chi connectivity index (χ1n) is 5.89. The predicted octanol–water partition coefficient (Wildman–Crippen LogP) is -0.0762. The number of carbonyl (C=O) groups is 2. The number of benzene rings is 1. The van der Waals surface area contributed by atoms with Crippen molar-refractivity contribution >= 4 is 11.9 Å². The number of ether oxygens (including phenoxy) is 1. The molecule has 2 unspecified atom stereocenters. The molecule has 1 amide bonds. The van der Waals surface area contributed by atoms with Crippen molar-refractivity contribution in [2.24, 2.45) is 0 Å². The average Bonchev–Trinajstić information content (AvgIpc) is 2.42. The van der Waals surface area contributed by atoms with Gasteiger partial charge in [-0.15, -0.1) is 0 Å². The van der Waals surface area contributed by atoms with E-state index in [1.54, 1.807) is 0 Å². The third kappa shape index (κ3) is 3.69. The van der Waals surface area contributed by atoms with Gasteiger partial charge in [0.2, 0.25) is 5.91 Å². The first kappa shape index (κ1) is 15.9. The maximum Gasteiger partial charge on any atom is 0.339 e. The quantitative estimate of drug-likeness (QED) is 0.580. The van der Waals surface area contributed by atoms with Crippen molar-refractivity contribution in [3.63, 3.8) is 0 Å². The minimum absolute atomic E-state index is 0.0191. The van der Waals surface area contributed by atoms with Crippen molar-refractivity contribution in [3.8, 4) is 5.75 Å². The van der Waals surface area contributed by atoms with Gasteiger partial charge in [0.1, 0.15) is 23.5 Å². The summed E-state index contributed by atoms with van der Waals surface area (Å²) in [6.07, 6.45) is -2.66. The van der Waals surface area contributed by atoms with Crippen LogP contribution in [0, 0.1) is 0 Å². The number of aromatic carboxylic acids is 1. The first-order valence-corrected chi connectivity index (χ1v) is 5.89. The molecule has 0 saturated heterocycles. The molecule has 20 heavy (non-hydrogen) atoms. The molecule has 0 saturated carbocycles. The number of methoxy groups -OCH3 is 1. The molecule has 1 rings (SSSR count). The molecule has 2 atom stereocenters. The maximum atomic E-state index is 11.1. The number of carboxylic acid groups (broad SMARTS) is 1. The maximum absolute atomic E-state index is 11.1. The Morgan fingerprint density at radius 3 is 2.50 bits per heavy atom. The first-order chi connectivity index (χ1) is 9.38. The normalized spacial score (nSPS) is 13.4. The second-order valence-corrected chi connectivity index (χ2v) is 4.18. The van der Waals surface area contributed by atoms with E-state index >= 15 is 0 Å². The van der Waals surface area contributed by atoms with E-state index in [9.17, 15) is 19.8 Å². The summed E-state index contributed by atoms with van der Waals surface area (Å²) >= 11 is 0. The molecule has 0 aliphatic carbocycles. The number of carboxylic acids is 1. The highest BCUT2D eigenvalue weighted by molar-refractivity contribution is 5.91. The summed E-state index contributed by atoms with van der Waals surface area (Å²) < 4.78 is 5.00. The number of para-hydroxylation sites is 1. The van der Waals surface area contributed by atoms with Crippen molar-refractivity contribution < 1.29 is 29.6 Å². The van der Waals surface area contributed by atoms with Crippen molar-refractivity contribution in [1.82, 2.24) is 5.32 Å². The van der Waals surface area contributed by atoms with Gasteiger partial charge in [0, 0.05) is 19.0 Å². The number of hydrogen-bond acceptors (Lipinski definition) is 5. The molecule has 0 fully saturated rings. The molecule has 1 aromatic carbocycles. The van der Waals surface area contributed by atoms with Crippen molar-refractivity contribution in [1.29, 1.82) is 0 Å². The van der Waals surface area contributed by atoms with Crippen molar-refractivity contribution in [2.75, 3.05) is 13.7 Å². The summed E-state index contributed by atoms with van der Waals surface area (Å²) in [5.41, 5.74) is 0.0287. The van der Waals surface area contributed by atoms with Crippen molar-refractivity contribution in [2.45, 2.75) is 19.1 Å². The van der Waals surface area contributed by atoms with Gasteiger partial charge in [0.05, 0.1) is 7.11 Å². The molecule has 0 aliphatic rings. The van der Waals surface area contributed by atoms with Crippen LogP contribution in [0.2, 0.25) is 0 Å². The fourth-order valence-electron chi connectivity index (χ4n) is 1.75. The summed E-state index contributed by atoms with van der Waals surface area (Å²) in [7, 11) is 1.28. The van der Waals surface area contributed by atoms with Crippen molar-refractivity contribution in [3.05, 3.63) is 29.3 Å². The Hall–Kier alpha value is -2.12. The van der Waals surface area contributed by atoms with E-state index in [4.69, 9.17) is 9.84 Å². The van der Waals surface area contributed by atoms with E-state index in [0.717, 1.165) is 0 Å². The summed E-state index contributed by atoms with van der Waals surface area (Å²) in [5.74, 6) is -1.57. The van der Waals surface area contributed by atoms with Gasteiger partial charge in [-0.25, -0.2) is 4.79 Å². The second kappa shape index (κ2) is 6.88. The minimum atomic E-state index is -1.38. The van der Waals surface area contributed by atoms with Gasteiger partial charge in [-0.2, -0.15) is 0 Å². The van der Waals surface area contributed by atoms with Crippen LogP contribution in [-0.4, -0.2) is 47.0 Å². The Balaban J connectivity index is 3.03. The Labute approximate surface area is 115 Å². The van der Waals surface area contributed by atoms with Crippen LogP contribution in [-0.2, 0) is 4.79 Å². The van der Waals surface area contributed by atoms with Crippen LogP contribution in [0.15, 0.2) is 18.2 Å². The molecule has 1 aromatic rings. The van der Waals surface area contributed by atoms with Crippen LogP contribution >= 0.6 is 0 Å². The van der Waals surface area contributed by atoms with Crippen LogP contribution in [0.5, 0.6) is 5.75 Å². The average molecular weight is 283 g/mol. The highest BCUT2D eigenvalue weighted by Crippen LogP contribution is 2.30. The molecule has 0 heterocycles. The highest BCUT2D eigenvalue weighted by Gasteiger charge is 2.25. The Morgan fingerprint density at radius 2 is 2.00 bits per heavy atom. The zero-order valence-electron chi connectivity index (χ0n) is 11.2. The van der Waals surface area contributed by atoms with Gasteiger partial charge >= 0.3 is 5.97 Å². The Kier molecular flexibility index (Phi) is 5.48. The highest BCUT2D eigenvalue weighted by atomic mass is 16.5. The minimum Gasteiger partial charge on any atom is -0.495 e. The molecule has 7 heteroatoms. The van der Waals surface area contributed by atoms with E-state index in [0.29, 0.717) is 0 Å². The fourth-order valence-corrected chi connectivity index (χ4v) is 1.75.